The Bertz CT molecular complexity index is 791. The average molecular weight is 301 g/mol. The summed E-state index contributed by atoms with van der Waals surface area (Å²) in [5.74, 6) is 0. The third-order valence-electron chi connectivity index (χ3n) is 3.00. The summed E-state index contributed by atoms with van der Waals surface area (Å²) in [5, 5.41) is 12.2. The van der Waals surface area contributed by atoms with Gasteiger partial charge in [-0.25, -0.2) is 8.42 Å². The van der Waals surface area contributed by atoms with Gasteiger partial charge in [-0.1, -0.05) is 12.1 Å². The minimum Gasteiger partial charge on any atom is -0.399 e. The first kappa shape index (κ1) is 14.9. The van der Waals surface area contributed by atoms with Gasteiger partial charge in [-0.15, -0.1) is 0 Å². The fourth-order valence-electron chi connectivity index (χ4n) is 1.86. The summed E-state index contributed by atoms with van der Waals surface area (Å²) < 4.78 is 22.8. The van der Waals surface area contributed by atoms with E-state index in [1.165, 1.54) is 6.26 Å². The van der Waals surface area contributed by atoms with Crippen molar-refractivity contribution in [3.63, 3.8) is 0 Å². The standard InChI is InChI=1S/C15H15N3O2S/c1-21(19,20)14-5-2-11(3-6-14)10-18-15-7-4-13(17)8-12(15)9-16/h2-8,18H,10,17H2,1H3. The van der Waals surface area contributed by atoms with Crippen molar-refractivity contribution < 1.29 is 8.42 Å². The molecule has 0 heterocycles. The lowest BCUT2D eigenvalue weighted by atomic mass is 10.1. The summed E-state index contributed by atoms with van der Waals surface area (Å²) >= 11 is 0. The van der Waals surface area contributed by atoms with Gasteiger partial charge in [-0.05, 0) is 35.9 Å². The number of nitriles is 1. The Kier molecular flexibility index (Phi) is 4.15. The van der Waals surface area contributed by atoms with E-state index < -0.39 is 9.84 Å². The molecular weight excluding hydrogens is 286 g/mol. The Hall–Kier alpha value is -2.52. The van der Waals surface area contributed by atoms with Crippen LogP contribution in [0.15, 0.2) is 47.4 Å². The highest BCUT2D eigenvalue weighted by atomic mass is 32.2. The average Bonchev–Trinajstić information content (AvgIpc) is 2.45. The van der Waals surface area contributed by atoms with Crippen LogP contribution in [0.5, 0.6) is 0 Å². The fourth-order valence-corrected chi connectivity index (χ4v) is 2.49. The molecule has 5 nitrogen and oxygen atoms in total. The van der Waals surface area contributed by atoms with E-state index in [2.05, 4.69) is 11.4 Å². The molecule has 2 rings (SSSR count). The quantitative estimate of drug-likeness (QED) is 0.844. The summed E-state index contributed by atoms with van der Waals surface area (Å²) in [6.07, 6.45) is 1.17. The largest absolute Gasteiger partial charge is 0.399 e. The van der Waals surface area contributed by atoms with Crippen molar-refractivity contribution in [2.24, 2.45) is 0 Å². The van der Waals surface area contributed by atoms with Gasteiger partial charge in [-0.2, -0.15) is 5.26 Å². The lowest BCUT2D eigenvalue weighted by Gasteiger charge is -2.09. The van der Waals surface area contributed by atoms with E-state index in [1.54, 1.807) is 42.5 Å². The molecule has 6 heteroatoms. The molecule has 3 N–H and O–H groups in total. The molecule has 2 aromatic rings. The van der Waals surface area contributed by atoms with Crippen molar-refractivity contribution >= 4 is 21.2 Å². The van der Waals surface area contributed by atoms with E-state index in [-0.39, 0.29) is 4.90 Å². The molecule has 0 saturated carbocycles. The van der Waals surface area contributed by atoms with Gasteiger partial charge < -0.3 is 11.1 Å². The molecular formula is C15H15N3O2S. The topological polar surface area (TPSA) is 96.0 Å². The first-order chi connectivity index (χ1) is 9.90. The molecule has 0 aliphatic carbocycles. The summed E-state index contributed by atoms with van der Waals surface area (Å²) in [5.41, 5.74) is 8.26. The molecule has 0 aliphatic heterocycles. The molecule has 0 fully saturated rings. The van der Waals surface area contributed by atoms with Crippen molar-refractivity contribution in [3.05, 3.63) is 53.6 Å². The predicted octanol–water partition coefficient (Wildman–Crippen LogP) is 2.16. The fraction of sp³-hybridized carbons (Fsp3) is 0.133. The van der Waals surface area contributed by atoms with Crippen LogP contribution in [0.25, 0.3) is 0 Å². The third kappa shape index (κ3) is 3.74. The van der Waals surface area contributed by atoms with Crippen molar-refractivity contribution in [3.8, 4) is 6.07 Å². The van der Waals surface area contributed by atoms with Crippen LogP contribution in [0.1, 0.15) is 11.1 Å². The zero-order chi connectivity index (χ0) is 15.5. The smallest absolute Gasteiger partial charge is 0.175 e. The predicted molar refractivity (Wildman–Crippen MR) is 82.4 cm³/mol. The zero-order valence-corrected chi connectivity index (χ0v) is 12.3. The molecule has 0 spiro atoms. The first-order valence-corrected chi connectivity index (χ1v) is 8.12. The van der Waals surface area contributed by atoms with Gasteiger partial charge in [0, 0.05) is 18.5 Å². The molecule has 108 valence electrons. The lowest BCUT2D eigenvalue weighted by Crippen LogP contribution is -2.03. The van der Waals surface area contributed by atoms with Crippen molar-refractivity contribution in [2.45, 2.75) is 11.4 Å². The van der Waals surface area contributed by atoms with Crippen LogP contribution < -0.4 is 11.1 Å². The van der Waals surface area contributed by atoms with E-state index in [9.17, 15) is 8.42 Å². The Morgan fingerprint density at radius 3 is 2.43 bits per heavy atom. The minimum atomic E-state index is -3.18. The number of nitrogen functional groups attached to an aromatic ring is 1. The van der Waals surface area contributed by atoms with Crippen LogP contribution in [-0.4, -0.2) is 14.7 Å². The zero-order valence-electron chi connectivity index (χ0n) is 11.5. The Balaban J connectivity index is 2.12. The molecule has 0 aliphatic rings. The highest BCUT2D eigenvalue weighted by Crippen LogP contribution is 2.19. The lowest BCUT2D eigenvalue weighted by molar-refractivity contribution is 0.602. The van der Waals surface area contributed by atoms with E-state index in [4.69, 9.17) is 11.0 Å². The van der Waals surface area contributed by atoms with Gasteiger partial charge in [-0.3, -0.25) is 0 Å². The van der Waals surface area contributed by atoms with E-state index in [0.717, 1.165) is 5.56 Å². The number of hydrogen-bond donors (Lipinski definition) is 2. The molecule has 0 saturated heterocycles. The van der Waals surface area contributed by atoms with Gasteiger partial charge in [0.25, 0.3) is 0 Å². The summed E-state index contributed by atoms with van der Waals surface area (Å²) in [6.45, 7) is 0.489. The van der Waals surface area contributed by atoms with Crippen LogP contribution >= 0.6 is 0 Å². The molecule has 0 amide bonds. The Labute approximate surface area is 123 Å². The summed E-state index contributed by atoms with van der Waals surface area (Å²) in [6, 6.07) is 13.8. The van der Waals surface area contributed by atoms with Gasteiger partial charge in [0.1, 0.15) is 6.07 Å². The number of anilines is 2. The number of sulfone groups is 1. The highest BCUT2D eigenvalue weighted by molar-refractivity contribution is 7.90. The Morgan fingerprint density at radius 2 is 1.86 bits per heavy atom. The third-order valence-corrected chi connectivity index (χ3v) is 4.13. The number of benzene rings is 2. The molecule has 21 heavy (non-hydrogen) atoms. The normalized spacial score (nSPS) is 10.9. The number of hydrogen-bond acceptors (Lipinski definition) is 5. The molecule has 0 aromatic heterocycles. The van der Waals surface area contributed by atoms with E-state index in [0.29, 0.717) is 23.5 Å². The van der Waals surface area contributed by atoms with Crippen molar-refractivity contribution in [2.75, 3.05) is 17.3 Å². The number of nitrogens with zero attached hydrogens (tertiary/aromatic N) is 1. The van der Waals surface area contributed by atoms with Gasteiger partial charge >= 0.3 is 0 Å². The summed E-state index contributed by atoms with van der Waals surface area (Å²) in [7, 11) is -3.18. The SMILES string of the molecule is CS(=O)(=O)c1ccc(CNc2ccc(N)cc2C#N)cc1. The van der Waals surface area contributed by atoms with Crippen LogP contribution in [0.2, 0.25) is 0 Å². The molecule has 0 atom stereocenters. The minimum absolute atomic E-state index is 0.288. The second kappa shape index (κ2) is 5.85. The van der Waals surface area contributed by atoms with Crippen LogP contribution in [0.4, 0.5) is 11.4 Å². The maximum absolute atomic E-state index is 11.4. The van der Waals surface area contributed by atoms with Crippen LogP contribution in [0.3, 0.4) is 0 Å². The number of nitrogens with two attached hydrogens (primary N) is 1. The number of nitrogens with one attached hydrogen (secondary N) is 1. The van der Waals surface area contributed by atoms with Crippen LogP contribution in [0, 0.1) is 11.3 Å². The Morgan fingerprint density at radius 1 is 1.19 bits per heavy atom. The number of rotatable bonds is 4. The van der Waals surface area contributed by atoms with Gasteiger partial charge in [0.2, 0.25) is 0 Å². The molecule has 0 bridgehead atoms. The van der Waals surface area contributed by atoms with Crippen molar-refractivity contribution in [1.29, 1.82) is 5.26 Å². The van der Waals surface area contributed by atoms with Gasteiger partial charge in [0.05, 0.1) is 16.1 Å². The molecule has 0 unspecified atom stereocenters. The second-order valence-electron chi connectivity index (χ2n) is 4.69. The van der Waals surface area contributed by atoms with E-state index >= 15 is 0 Å². The van der Waals surface area contributed by atoms with Crippen molar-refractivity contribution in [1.82, 2.24) is 0 Å². The van der Waals surface area contributed by atoms with Crippen LogP contribution in [-0.2, 0) is 16.4 Å². The summed E-state index contributed by atoms with van der Waals surface area (Å²) in [4.78, 5) is 0.288. The maximum atomic E-state index is 11.4. The molecule has 0 radical (unpaired) electrons. The first-order valence-electron chi connectivity index (χ1n) is 6.22. The molecule has 2 aromatic carbocycles. The highest BCUT2D eigenvalue weighted by Gasteiger charge is 2.06. The van der Waals surface area contributed by atoms with Gasteiger partial charge in [0.15, 0.2) is 9.84 Å². The monoisotopic (exact) mass is 301 g/mol. The maximum Gasteiger partial charge on any atom is 0.175 e. The second-order valence-corrected chi connectivity index (χ2v) is 6.70. The van der Waals surface area contributed by atoms with E-state index in [1.807, 2.05) is 0 Å².